The summed E-state index contributed by atoms with van der Waals surface area (Å²) >= 11 is 2.01. The van der Waals surface area contributed by atoms with E-state index in [-0.39, 0.29) is 17.0 Å². The molecule has 6 heteroatoms. The first kappa shape index (κ1) is 15.7. The molecule has 1 heterocycles. The van der Waals surface area contributed by atoms with Crippen molar-refractivity contribution >= 4 is 33.5 Å². The van der Waals surface area contributed by atoms with Crippen molar-refractivity contribution in [3.05, 3.63) is 68.0 Å². The zero-order valence-corrected chi connectivity index (χ0v) is 14.9. The third-order valence-electron chi connectivity index (χ3n) is 4.36. The standard InChI is InChI=1S/C18H15FIN3O/c19-11-8-13-16(14(20)9-11)22-17(15(21)10-6-7-10)23(18(13)24)12-4-2-1-3-5-12/h1-5,8-10,15H,6-7,21H2/t15-/m0/s1. The largest absolute Gasteiger partial charge is 0.321 e. The maximum absolute atomic E-state index is 13.8. The van der Waals surface area contributed by atoms with E-state index in [1.54, 1.807) is 0 Å². The molecule has 0 unspecified atom stereocenters. The van der Waals surface area contributed by atoms with Gasteiger partial charge >= 0.3 is 0 Å². The Balaban J connectivity index is 2.09. The summed E-state index contributed by atoms with van der Waals surface area (Å²) in [6.45, 7) is 0. The maximum atomic E-state index is 13.8. The van der Waals surface area contributed by atoms with E-state index in [1.807, 2.05) is 52.9 Å². The van der Waals surface area contributed by atoms with E-state index < -0.39 is 5.82 Å². The van der Waals surface area contributed by atoms with Crippen LogP contribution in [0.3, 0.4) is 0 Å². The summed E-state index contributed by atoms with van der Waals surface area (Å²) in [5.74, 6) is 0.456. The fourth-order valence-electron chi connectivity index (χ4n) is 2.95. The maximum Gasteiger partial charge on any atom is 0.266 e. The minimum atomic E-state index is -0.440. The number of fused-ring (bicyclic) bond motifs is 1. The number of aromatic nitrogens is 2. The molecular formula is C18H15FIN3O. The molecule has 0 aliphatic heterocycles. The van der Waals surface area contributed by atoms with Crippen molar-refractivity contribution in [1.82, 2.24) is 9.55 Å². The van der Waals surface area contributed by atoms with Gasteiger partial charge in [-0.25, -0.2) is 9.37 Å². The van der Waals surface area contributed by atoms with Gasteiger partial charge in [-0.15, -0.1) is 0 Å². The molecule has 1 atom stereocenters. The highest BCUT2D eigenvalue weighted by atomic mass is 127. The number of hydrogen-bond donors (Lipinski definition) is 1. The van der Waals surface area contributed by atoms with Crippen molar-refractivity contribution in [2.45, 2.75) is 18.9 Å². The molecule has 1 aliphatic carbocycles. The van der Waals surface area contributed by atoms with E-state index in [0.717, 1.165) is 12.8 Å². The van der Waals surface area contributed by atoms with Crippen LogP contribution in [0.1, 0.15) is 24.7 Å². The third-order valence-corrected chi connectivity index (χ3v) is 5.18. The Morgan fingerprint density at radius 1 is 1.25 bits per heavy atom. The smallest absolute Gasteiger partial charge is 0.266 e. The zero-order chi connectivity index (χ0) is 16.8. The van der Waals surface area contributed by atoms with E-state index in [4.69, 9.17) is 5.73 Å². The van der Waals surface area contributed by atoms with Crippen LogP contribution in [0.15, 0.2) is 47.3 Å². The van der Waals surface area contributed by atoms with Gasteiger partial charge in [0.25, 0.3) is 5.56 Å². The average Bonchev–Trinajstić information content (AvgIpc) is 3.40. The quantitative estimate of drug-likeness (QED) is 0.641. The lowest BCUT2D eigenvalue weighted by Crippen LogP contribution is -2.29. The summed E-state index contributed by atoms with van der Waals surface area (Å²) in [7, 11) is 0. The second kappa shape index (κ2) is 5.93. The van der Waals surface area contributed by atoms with Crippen LogP contribution in [0, 0.1) is 15.3 Å². The molecule has 3 aromatic rings. The normalized spacial score (nSPS) is 15.6. The molecule has 4 nitrogen and oxygen atoms in total. The molecule has 1 saturated carbocycles. The summed E-state index contributed by atoms with van der Waals surface area (Å²) in [6, 6.07) is 11.6. The fourth-order valence-corrected chi connectivity index (χ4v) is 3.66. The van der Waals surface area contributed by atoms with Gasteiger partial charge in [0, 0.05) is 3.57 Å². The van der Waals surface area contributed by atoms with Crippen molar-refractivity contribution in [3.63, 3.8) is 0 Å². The van der Waals surface area contributed by atoms with E-state index in [0.29, 0.717) is 26.5 Å². The highest BCUT2D eigenvalue weighted by Crippen LogP contribution is 2.39. The van der Waals surface area contributed by atoms with Crippen molar-refractivity contribution in [1.29, 1.82) is 0 Å². The lowest BCUT2D eigenvalue weighted by molar-refractivity contribution is 0.573. The fraction of sp³-hybridized carbons (Fsp3) is 0.222. The van der Waals surface area contributed by atoms with Gasteiger partial charge in [0.2, 0.25) is 0 Å². The van der Waals surface area contributed by atoms with E-state index in [9.17, 15) is 9.18 Å². The lowest BCUT2D eigenvalue weighted by atomic mass is 10.1. The Hall–Kier alpha value is -1.80. The van der Waals surface area contributed by atoms with Gasteiger partial charge in [-0.3, -0.25) is 9.36 Å². The van der Waals surface area contributed by atoms with Gasteiger partial charge in [0.05, 0.1) is 22.6 Å². The number of para-hydroxylation sites is 1. The molecule has 0 spiro atoms. The van der Waals surface area contributed by atoms with Gasteiger partial charge in [-0.2, -0.15) is 0 Å². The molecule has 122 valence electrons. The Morgan fingerprint density at radius 3 is 2.62 bits per heavy atom. The van der Waals surface area contributed by atoms with Crippen LogP contribution in [0.5, 0.6) is 0 Å². The molecule has 2 N–H and O–H groups in total. The Morgan fingerprint density at radius 2 is 1.96 bits per heavy atom. The number of hydrogen-bond acceptors (Lipinski definition) is 3. The van der Waals surface area contributed by atoms with Crippen molar-refractivity contribution < 1.29 is 4.39 Å². The Bertz CT molecular complexity index is 983. The van der Waals surface area contributed by atoms with Crippen molar-refractivity contribution in [2.75, 3.05) is 0 Å². The monoisotopic (exact) mass is 435 g/mol. The minimum Gasteiger partial charge on any atom is -0.321 e. The van der Waals surface area contributed by atoms with Crippen molar-refractivity contribution in [3.8, 4) is 5.69 Å². The summed E-state index contributed by atoms with van der Waals surface area (Å²) in [4.78, 5) is 17.8. The molecule has 2 aromatic carbocycles. The van der Waals surface area contributed by atoms with Crippen molar-refractivity contribution in [2.24, 2.45) is 11.7 Å². The molecule has 1 fully saturated rings. The molecule has 1 aliphatic rings. The number of nitrogens with zero attached hydrogens (tertiary/aromatic N) is 2. The number of nitrogens with two attached hydrogens (primary N) is 1. The molecule has 24 heavy (non-hydrogen) atoms. The predicted molar refractivity (Wildman–Crippen MR) is 99.7 cm³/mol. The molecule has 0 saturated heterocycles. The molecule has 0 bridgehead atoms. The van der Waals surface area contributed by atoms with Crippen LogP contribution in [0.2, 0.25) is 0 Å². The summed E-state index contributed by atoms with van der Waals surface area (Å²) < 4.78 is 15.9. The predicted octanol–water partition coefficient (Wildman–Crippen LogP) is 3.54. The summed E-state index contributed by atoms with van der Waals surface area (Å²) in [6.07, 6.45) is 2.09. The van der Waals surface area contributed by atoms with Gasteiger partial charge < -0.3 is 5.73 Å². The van der Waals surface area contributed by atoms with Gasteiger partial charge in [0.1, 0.15) is 11.6 Å². The second-order valence-corrected chi connectivity index (χ2v) is 7.26. The zero-order valence-electron chi connectivity index (χ0n) is 12.7. The first-order valence-corrected chi connectivity index (χ1v) is 8.87. The minimum absolute atomic E-state index is 0.273. The van der Waals surface area contributed by atoms with E-state index in [2.05, 4.69) is 4.98 Å². The van der Waals surface area contributed by atoms with Crippen LogP contribution in [0.25, 0.3) is 16.6 Å². The number of rotatable bonds is 3. The number of benzene rings is 2. The third kappa shape index (κ3) is 2.63. The van der Waals surface area contributed by atoms with Crippen LogP contribution >= 0.6 is 22.6 Å². The Labute approximate surface area is 151 Å². The highest BCUT2D eigenvalue weighted by Gasteiger charge is 2.33. The topological polar surface area (TPSA) is 60.9 Å². The number of halogens is 2. The van der Waals surface area contributed by atoms with Gasteiger partial charge in [0.15, 0.2) is 0 Å². The molecule has 0 amide bonds. The highest BCUT2D eigenvalue weighted by molar-refractivity contribution is 14.1. The first-order chi connectivity index (χ1) is 11.6. The second-order valence-electron chi connectivity index (χ2n) is 6.09. The van der Waals surface area contributed by atoms with Crippen LogP contribution < -0.4 is 11.3 Å². The first-order valence-electron chi connectivity index (χ1n) is 7.79. The average molecular weight is 435 g/mol. The molecule has 0 radical (unpaired) electrons. The Kier molecular flexibility index (Phi) is 3.88. The SMILES string of the molecule is N[C@H](c1nc2c(I)cc(F)cc2c(=O)n1-c1ccccc1)C1CC1. The molecular weight excluding hydrogens is 420 g/mol. The van der Waals surface area contributed by atoms with E-state index in [1.165, 1.54) is 16.7 Å². The molecule has 4 rings (SSSR count). The van der Waals surface area contributed by atoms with Crippen LogP contribution in [-0.2, 0) is 0 Å². The lowest BCUT2D eigenvalue weighted by Gasteiger charge is -2.18. The van der Waals surface area contributed by atoms with Crippen LogP contribution in [-0.4, -0.2) is 9.55 Å². The van der Waals surface area contributed by atoms with Gasteiger partial charge in [-0.05, 0) is 65.6 Å². The summed E-state index contributed by atoms with van der Waals surface area (Å²) in [5.41, 5.74) is 7.31. The van der Waals surface area contributed by atoms with Gasteiger partial charge in [-0.1, -0.05) is 18.2 Å². The summed E-state index contributed by atoms with van der Waals surface area (Å²) in [5, 5.41) is 0.273. The van der Waals surface area contributed by atoms with Crippen LogP contribution in [0.4, 0.5) is 4.39 Å². The van der Waals surface area contributed by atoms with E-state index >= 15 is 0 Å². The molecule has 1 aromatic heterocycles.